The van der Waals surface area contributed by atoms with E-state index in [9.17, 15) is 4.79 Å². The fourth-order valence-corrected chi connectivity index (χ4v) is 1.41. The summed E-state index contributed by atoms with van der Waals surface area (Å²) in [5, 5.41) is 0. The Kier molecular flexibility index (Phi) is 8.44. The van der Waals surface area contributed by atoms with Crippen molar-refractivity contribution in [3.05, 3.63) is 0 Å². The van der Waals surface area contributed by atoms with Crippen molar-refractivity contribution in [1.29, 1.82) is 0 Å². The van der Waals surface area contributed by atoms with Gasteiger partial charge in [0.1, 0.15) is 0 Å². The van der Waals surface area contributed by atoms with Crippen LogP contribution in [-0.2, 0) is 17.7 Å². The maximum Gasteiger partial charge on any atom is 0.483 e. The van der Waals surface area contributed by atoms with Gasteiger partial charge < -0.3 is 17.7 Å². The highest BCUT2D eigenvalue weighted by Crippen LogP contribution is 1.83. The lowest BCUT2D eigenvalue weighted by molar-refractivity contribution is 0.132. The number of carbonyl (C=O) groups is 1. The van der Waals surface area contributed by atoms with Crippen LogP contribution in [-0.4, -0.2) is 39.4 Å². The quantitative estimate of drug-likeness (QED) is 0.425. The Balaban J connectivity index is 3.10. The topological polar surface area (TPSA) is 54.0 Å². The van der Waals surface area contributed by atoms with Crippen LogP contribution in [0.4, 0.5) is 4.79 Å². The molecule has 0 aliphatic heterocycles. The summed E-state index contributed by atoms with van der Waals surface area (Å²) in [4.78, 5) is 10.7. The number of rotatable bonds is 6. The molecule has 0 aromatic heterocycles. The van der Waals surface area contributed by atoms with Gasteiger partial charge >= 0.3 is 26.2 Å². The molecule has 72 valence electrons. The molecule has 0 spiro atoms. The third-order valence-corrected chi connectivity index (χ3v) is 2.79. The zero-order chi connectivity index (χ0) is 9.23. The molecule has 0 aromatic carbocycles. The van der Waals surface area contributed by atoms with Gasteiger partial charge in [0.05, 0.1) is 0 Å². The average Bonchev–Trinajstić information content (AvgIpc) is 2.06. The molecule has 0 amide bonds. The number of hydrogen-bond donors (Lipinski definition) is 0. The van der Waals surface area contributed by atoms with Crippen LogP contribution in [0.3, 0.4) is 0 Å². The zero-order valence-electron chi connectivity index (χ0n) is 7.37. The highest BCUT2D eigenvalue weighted by atomic mass is 28.3. The average molecular weight is 210 g/mol. The fourth-order valence-electron chi connectivity index (χ4n) is 0.388. The van der Waals surface area contributed by atoms with E-state index in [0.717, 1.165) is 0 Å². The SMILES string of the molecule is CCO[SiH2]OC(=O)O[SiH2]OCC. The fraction of sp³-hybridized carbons (Fsp3) is 0.800. The Morgan fingerprint density at radius 2 is 1.50 bits per heavy atom. The molecular formula is C5H14O5Si2. The van der Waals surface area contributed by atoms with Gasteiger partial charge in [-0.3, -0.25) is 0 Å². The lowest BCUT2D eigenvalue weighted by Gasteiger charge is -2.05. The second kappa shape index (κ2) is 8.72. The van der Waals surface area contributed by atoms with Crippen LogP contribution in [0.5, 0.6) is 0 Å². The first-order valence-corrected chi connectivity index (χ1v) is 6.07. The van der Waals surface area contributed by atoms with Gasteiger partial charge in [-0.15, -0.1) is 0 Å². The van der Waals surface area contributed by atoms with Crippen molar-refractivity contribution < 1.29 is 22.5 Å². The molecule has 0 atom stereocenters. The summed E-state index contributed by atoms with van der Waals surface area (Å²) in [5.74, 6) is 0. The van der Waals surface area contributed by atoms with Gasteiger partial charge in [-0.2, -0.15) is 0 Å². The molecule has 0 saturated carbocycles. The summed E-state index contributed by atoms with van der Waals surface area (Å²) in [6, 6.07) is 0. The predicted molar refractivity (Wildman–Crippen MR) is 47.9 cm³/mol. The van der Waals surface area contributed by atoms with E-state index in [1.165, 1.54) is 0 Å². The van der Waals surface area contributed by atoms with E-state index in [1.54, 1.807) is 0 Å². The van der Waals surface area contributed by atoms with Crippen molar-refractivity contribution in [2.45, 2.75) is 13.8 Å². The van der Waals surface area contributed by atoms with Gasteiger partial charge in [0.15, 0.2) is 0 Å². The Morgan fingerprint density at radius 3 is 1.83 bits per heavy atom. The molecule has 0 aliphatic rings. The van der Waals surface area contributed by atoms with Gasteiger partial charge in [0, 0.05) is 13.2 Å². The Labute approximate surface area is 76.5 Å². The van der Waals surface area contributed by atoms with E-state index in [1.807, 2.05) is 13.8 Å². The molecule has 0 aliphatic carbocycles. The summed E-state index contributed by atoms with van der Waals surface area (Å²) in [6.45, 7) is 4.83. The van der Waals surface area contributed by atoms with E-state index in [0.29, 0.717) is 13.2 Å². The van der Waals surface area contributed by atoms with Crippen LogP contribution in [0.15, 0.2) is 0 Å². The van der Waals surface area contributed by atoms with E-state index >= 15 is 0 Å². The molecule has 0 N–H and O–H groups in total. The van der Waals surface area contributed by atoms with Crippen LogP contribution >= 0.6 is 0 Å². The lowest BCUT2D eigenvalue weighted by atomic mass is 10.9. The molecule has 0 bridgehead atoms. The molecule has 5 nitrogen and oxygen atoms in total. The van der Waals surface area contributed by atoms with Crippen LogP contribution in [0.25, 0.3) is 0 Å². The first kappa shape index (κ1) is 11.6. The molecule has 0 fully saturated rings. The van der Waals surface area contributed by atoms with Gasteiger partial charge in [-0.1, -0.05) is 0 Å². The van der Waals surface area contributed by atoms with Gasteiger partial charge in [-0.25, -0.2) is 4.79 Å². The van der Waals surface area contributed by atoms with Crippen molar-refractivity contribution in [3.8, 4) is 0 Å². The predicted octanol–water partition coefficient (Wildman–Crippen LogP) is -0.790. The second-order valence-corrected chi connectivity index (χ2v) is 3.63. The van der Waals surface area contributed by atoms with E-state index in [4.69, 9.17) is 8.85 Å². The molecule has 7 heteroatoms. The maximum absolute atomic E-state index is 10.7. The lowest BCUT2D eigenvalue weighted by Crippen LogP contribution is -2.16. The first-order valence-electron chi connectivity index (χ1n) is 3.76. The molecule has 0 saturated heterocycles. The Morgan fingerprint density at radius 1 is 1.08 bits per heavy atom. The molecular weight excluding hydrogens is 196 g/mol. The van der Waals surface area contributed by atoms with E-state index < -0.39 is 26.2 Å². The van der Waals surface area contributed by atoms with Gasteiger partial charge in [0.25, 0.3) is 0 Å². The second-order valence-electron chi connectivity index (χ2n) is 1.76. The summed E-state index contributed by atoms with van der Waals surface area (Å²) in [7, 11) is -2.36. The normalized spacial score (nSPS) is 11.5. The molecule has 12 heavy (non-hydrogen) atoms. The summed E-state index contributed by atoms with van der Waals surface area (Å²) < 4.78 is 19.1. The highest BCUT2D eigenvalue weighted by molar-refractivity contribution is 6.25. The Hall–Kier alpha value is -0.376. The third kappa shape index (κ3) is 7.73. The van der Waals surface area contributed by atoms with Gasteiger partial charge in [0.2, 0.25) is 0 Å². The molecule has 0 aromatic rings. The summed E-state index contributed by atoms with van der Waals surface area (Å²) in [6.07, 6.45) is -0.657. The van der Waals surface area contributed by atoms with E-state index in [2.05, 4.69) is 8.85 Å². The summed E-state index contributed by atoms with van der Waals surface area (Å²) >= 11 is 0. The minimum Gasteiger partial charge on any atom is -0.469 e. The monoisotopic (exact) mass is 210 g/mol. The standard InChI is InChI=1S/C5H14O5Si2/c1-3-7-11-9-5(6)10-12-8-4-2/h3-4,11-12H2,1-2H3. The molecule has 0 unspecified atom stereocenters. The zero-order valence-corrected chi connectivity index (χ0v) is 10.2. The van der Waals surface area contributed by atoms with Crippen LogP contribution in [0.2, 0.25) is 0 Å². The van der Waals surface area contributed by atoms with Crippen molar-refractivity contribution in [2.75, 3.05) is 13.2 Å². The summed E-state index contributed by atoms with van der Waals surface area (Å²) in [5.41, 5.74) is 0. The Bertz CT molecular complexity index is 108. The van der Waals surface area contributed by atoms with Crippen LogP contribution in [0.1, 0.15) is 13.8 Å². The van der Waals surface area contributed by atoms with Crippen molar-refractivity contribution in [3.63, 3.8) is 0 Å². The van der Waals surface area contributed by atoms with Gasteiger partial charge in [-0.05, 0) is 13.8 Å². The highest BCUT2D eigenvalue weighted by Gasteiger charge is 2.02. The minimum atomic E-state index is -1.18. The maximum atomic E-state index is 10.7. The first-order chi connectivity index (χ1) is 5.81. The smallest absolute Gasteiger partial charge is 0.469 e. The third-order valence-electron chi connectivity index (χ3n) is 0.928. The number of carbonyl (C=O) groups excluding carboxylic acids is 1. The van der Waals surface area contributed by atoms with Crippen molar-refractivity contribution >= 4 is 26.2 Å². The van der Waals surface area contributed by atoms with Crippen LogP contribution in [0, 0.1) is 0 Å². The minimum absolute atomic E-state index is 0.572. The number of hydrogen-bond acceptors (Lipinski definition) is 5. The van der Waals surface area contributed by atoms with Crippen LogP contribution < -0.4 is 0 Å². The molecule has 0 heterocycles. The largest absolute Gasteiger partial charge is 0.483 e. The molecule has 0 rings (SSSR count). The van der Waals surface area contributed by atoms with Crippen molar-refractivity contribution in [2.24, 2.45) is 0 Å². The van der Waals surface area contributed by atoms with Crippen molar-refractivity contribution in [1.82, 2.24) is 0 Å². The van der Waals surface area contributed by atoms with E-state index in [-0.39, 0.29) is 0 Å². The molecule has 0 radical (unpaired) electrons.